The minimum atomic E-state index is -1.81. The maximum Gasteiger partial charge on any atom is 0.303 e. The Morgan fingerprint density at radius 1 is 0.750 bits per heavy atom. The fourth-order valence-corrected chi connectivity index (χ4v) is 3.39. The SMILES string of the molecule is CC(=O)OC[C@H]1O[C@@H](O[C@H]2[C@H](O)[C@@H](O)C(O)O[C@@H]2CO)[C@H](O)[C@@H](OC(C)=O)[C@@H]1OC(C)=O. The van der Waals surface area contributed by atoms with Crippen LogP contribution in [0.3, 0.4) is 0 Å². The molecule has 2 heterocycles. The van der Waals surface area contributed by atoms with Gasteiger partial charge in [0.25, 0.3) is 0 Å². The summed E-state index contributed by atoms with van der Waals surface area (Å²) in [6.45, 7) is 2.00. The number of carbonyl (C=O) groups is 3. The van der Waals surface area contributed by atoms with Crippen molar-refractivity contribution in [1.82, 2.24) is 0 Å². The van der Waals surface area contributed by atoms with Gasteiger partial charge in [0.15, 0.2) is 24.8 Å². The summed E-state index contributed by atoms with van der Waals surface area (Å²) in [7, 11) is 0. The van der Waals surface area contributed by atoms with Gasteiger partial charge in [-0.1, -0.05) is 0 Å². The highest BCUT2D eigenvalue weighted by atomic mass is 16.7. The zero-order valence-electron chi connectivity index (χ0n) is 17.6. The molecular weight excluding hydrogens is 440 g/mol. The summed E-state index contributed by atoms with van der Waals surface area (Å²) in [6, 6.07) is 0. The molecule has 0 aromatic heterocycles. The van der Waals surface area contributed by atoms with E-state index in [4.69, 9.17) is 28.4 Å². The smallest absolute Gasteiger partial charge is 0.303 e. The first kappa shape index (κ1) is 26.3. The predicted octanol–water partition coefficient (Wildman–Crippen LogP) is -3.68. The summed E-state index contributed by atoms with van der Waals surface area (Å²) in [4.78, 5) is 34.4. The van der Waals surface area contributed by atoms with Gasteiger partial charge in [0.05, 0.1) is 6.61 Å². The molecule has 14 nitrogen and oxygen atoms in total. The Morgan fingerprint density at radius 3 is 1.88 bits per heavy atom. The van der Waals surface area contributed by atoms with E-state index in [1.807, 2.05) is 0 Å². The number of hydrogen-bond acceptors (Lipinski definition) is 14. The van der Waals surface area contributed by atoms with Crippen LogP contribution in [-0.4, -0.2) is 118 Å². The van der Waals surface area contributed by atoms with Crippen LogP contribution >= 0.6 is 0 Å². The average Bonchev–Trinajstić information content (AvgIpc) is 2.70. The van der Waals surface area contributed by atoms with E-state index in [1.165, 1.54) is 0 Å². The number of rotatable bonds is 7. The van der Waals surface area contributed by atoms with Crippen LogP contribution in [0.4, 0.5) is 0 Å². The van der Waals surface area contributed by atoms with Gasteiger partial charge < -0.3 is 54.0 Å². The van der Waals surface area contributed by atoms with Crippen molar-refractivity contribution in [1.29, 1.82) is 0 Å². The van der Waals surface area contributed by atoms with Crippen LogP contribution in [0.2, 0.25) is 0 Å². The number of aliphatic hydroxyl groups excluding tert-OH is 5. The molecule has 184 valence electrons. The van der Waals surface area contributed by atoms with Crippen molar-refractivity contribution in [3.05, 3.63) is 0 Å². The van der Waals surface area contributed by atoms with E-state index in [1.54, 1.807) is 0 Å². The van der Waals surface area contributed by atoms with Crippen molar-refractivity contribution >= 4 is 17.9 Å². The Bertz CT molecular complexity index is 668. The van der Waals surface area contributed by atoms with Crippen molar-refractivity contribution < 1.29 is 68.3 Å². The lowest BCUT2D eigenvalue weighted by Crippen LogP contribution is -2.65. The molecule has 0 radical (unpaired) electrons. The molecule has 2 rings (SSSR count). The molecule has 0 aromatic rings. The van der Waals surface area contributed by atoms with E-state index < -0.39 is 92.5 Å². The maximum atomic E-state index is 11.6. The van der Waals surface area contributed by atoms with Crippen molar-refractivity contribution in [2.75, 3.05) is 13.2 Å². The van der Waals surface area contributed by atoms with Crippen LogP contribution in [0.1, 0.15) is 20.8 Å². The second-order valence-corrected chi connectivity index (χ2v) is 7.31. The van der Waals surface area contributed by atoms with Gasteiger partial charge in [0, 0.05) is 20.8 Å². The second-order valence-electron chi connectivity index (χ2n) is 7.31. The molecule has 0 amide bonds. The molecule has 10 atom stereocenters. The van der Waals surface area contributed by atoms with Crippen LogP contribution < -0.4 is 0 Å². The zero-order valence-corrected chi connectivity index (χ0v) is 17.6. The van der Waals surface area contributed by atoms with E-state index in [2.05, 4.69) is 0 Å². The van der Waals surface area contributed by atoms with Gasteiger partial charge in [0.2, 0.25) is 0 Å². The molecule has 0 bridgehead atoms. The Balaban J connectivity index is 2.31. The number of carbonyl (C=O) groups excluding carboxylic acids is 3. The fourth-order valence-electron chi connectivity index (χ4n) is 3.39. The standard InChI is InChI=1S/C18H28O14/c1-6(20)27-5-10-15(28-7(2)21)16(29-8(3)22)13(25)18(31-10)32-14-9(4-19)30-17(26)12(24)11(14)23/h9-19,23-26H,4-5H2,1-3H3/t9-,10-,11-,12-,13-,14-,15-,16-,17?,18+/m1/s1. The van der Waals surface area contributed by atoms with Crippen LogP contribution in [0.15, 0.2) is 0 Å². The van der Waals surface area contributed by atoms with Gasteiger partial charge in [-0.25, -0.2) is 0 Å². The molecule has 1 unspecified atom stereocenters. The predicted molar refractivity (Wildman–Crippen MR) is 97.3 cm³/mol. The van der Waals surface area contributed by atoms with Crippen molar-refractivity contribution in [2.45, 2.75) is 82.2 Å². The maximum absolute atomic E-state index is 11.6. The second kappa shape index (κ2) is 11.3. The number of esters is 3. The molecule has 32 heavy (non-hydrogen) atoms. The topological polar surface area (TPSA) is 208 Å². The Morgan fingerprint density at radius 2 is 1.34 bits per heavy atom. The lowest BCUT2D eigenvalue weighted by atomic mass is 9.96. The summed E-state index contributed by atoms with van der Waals surface area (Å²) in [5, 5.41) is 50.0. The monoisotopic (exact) mass is 468 g/mol. The lowest BCUT2D eigenvalue weighted by Gasteiger charge is -2.46. The van der Waals surface area contributed by atoms with Crippen LogP contribution in [-0.2, 0) is 42.8 Å². The summed E-state index contributed by atoms with van der Waals surface area (Å²) >= 11 is 0. The first-order valence-electron chi connectivity index (χ1n) is 9.73. The first-order chi connectivity index (χ1) is 15.0. The molecule has 5 N–H and O–H groups in total. The molecular formula is C18H28O14. The summed E-state index contributed by atoms with van der Waals surface area (Å²) in [5.41, 5.74) is 0. The van der Waals surface area contributed by atoms with Crippen molar-refractivity contribution in [3.8, 4) is 0 Å². The molecule has 0 spiro atoms. The summed E-state index contributed by atoms with van der Waals surface area (Å²) < 4.78 is 31.2. The first-order valence-corrected chi connectivity index (χ1v) is 9.73. The molecule has 14 heteroatoms. The summed E-state index contributed by atoms with van der Waals surface area (Å²) in [5.74, 6) is -2.34. The largest absolute Gasteiger partial charge is 0.463 e. The normalized spacial score (nSPS) is 39.8. The highest BCUT2D eigenvalue weighted by Gasteiger charge is 2.53. The Hall–Kier alpha value is -1.91. The third-order valence-corrected chi connectivity index (χ3v) is 4.80. The van der Waals surface area contributed by atoms with Crippen molar-refractivity contribution in [2.24, 2.45) is 0 Å². The van der Waals surface area contributed by atoms with E-state index in [0.717, 1.165) is 20.8 Å². The molecule has 2 aliphatic heterocycles. The number of hydrogen-bond donors (Lipinski definition) is 5. The highest BCUT2D eigenvalue weighted by Crippen LogP contribution is 2.31. The summed E-state index contributed by atoms with van der Waals surface area (Å²) in [6.07, 6.45) is -15.9. The number of ether oxygens (including phenoxy) is 6. The molecule has 0 aromatic carbocycles. The molecule has 0 saturated carbocycles. The van der Waals surface area contributed by atoms with Gasteiger partial charge >= 0.3 is 17.9 Å². The van der Waals surface area contributed by atoms with Gasteiger partial charge in [-0.3, -0.25) is 14.4 Å². The minimum absolute atomic E-state index is 0.480. The van der Waals surface area contributed by atoms with Gasteiger partial charge in [0.1, 0.15) is 43.2 Å². The van der Waals surface area contributed by atoms with Gasteiger partial charge in [-0.2, -0.15) is 0 Å². The number of aliphatic hydroxyl groups is 5. The van der Waals surface area contributed by atoms with Gasteiger partial charge in [-0.15, -0.1) is 0 Å². The fraction of sp³-hybridized carbons (Fsp3) is 0.833. The quantitative estimate of drug-likeness (QED) is 0.180. The Labute approximate surface area is 182 Å². The molecule has 2 aliphatic rings. The minimum Gasteiger partial charge on any atom is -0.463 e. The average molecular weight is 468 g/mol. The van der Waals surface area contributed by atoms with E-state index >= 15 is 0 Å². The van der Waals surface area contributed by atoms with Crippen LogP contribution in [0, 0.1) is 0 Å². The zero-order chi connectivity index (χ0) is 24.2. The van der Waals surface area contributed by atoms with E-state index in [9.17, 15) is 39.9 Å². The lowest BCUT2D eigenvalue weighted by molar-refractivity contribution is -0.355. The third-order valence-electron chi connectivity index (χ3n) is 4.80. The van der Waals surface area contributed by atoms with Crippen molar-refractivity contribution in [3.63, 3.8) is 0 Å². The van der Waals surface area contributed by atoms with Crippen LogP contribution in [0.25, 0.3) is 0 Å². The molecule has 2 saturated heterocycles. The van der Waals surface area contributed by atoms with Gasteiger partial charge in [-0.05, 0) is 0 Å². The molecule has 0 aliphatic carbocycles. The van der Waals surface area contributed by atoms with E-state index in [-0.39, 0.29) is 0 Å². The Kier molecular flexibility index (Phi) is 9.29. The molecule has 2 fully saturated rings. The highest BCUT2D eigenvalue weighted by molar-refractivity contribution is 5.67. The van der Waals surface area contributed by atoms with Crippen LogP contribution in [0.5, 0.6) is 0 Å². The van der Waals surface area contributed by atoms with E-state index in [0.29, 0.717) is 0 Å². The third kappa shape index (κ3) is 6.32.